The third kappa shape index (κ3) is 2.88. The van der Waals surface area contributed by atoms with Crippen molar-refractivity contribution >= 4 is 26.6 Å². The molecule has 3 rings (SSSR count). The summed E-state index contributed by atoms with van der Waals surface area (Å²) in [4.78, 5) is 15.5. The van der Waals surface area contributed by atoms with Gasteiger partial charge in [-0.2, -0.15) is 0 Å². The molecule has 1 unspecified atom stereocenters. The lowest BCUT2D eigenvalue weighted by molar-refractivity contribution is 0.0934. The average Bonchev–Trinajstić information content (AvgIpc) is 2.87. The van der Waals surface area contributed by atoms with Crippen LogP contribution in [0.5, 0.6) is 0 Å². The van der Waals surface area contributed by atoms with E-state index >= 15 is 0 Å². The van der Waals surface area contributed by atoms with E-state index in [0.717, 1.165) is 16.5 Å². The Morgan fingerprint density at radius 2 is 2.09 bits per heavy atom. The van der Waals surface area contributed by atoms with E-state index in [1.165, 1.54) is 5.56 Å². The number of fused-ring (bicyclic) bond motifs is 1. The van der Waals surface area contributed by atoms with E-state index in [0.29, 0.717) is 18.5 Å². The molecule has 1 aliphatic heterocycles. The molecule has 1 atom stereocenters. The van der Waals surface area contributed by atoms with Gasteiger partial charge in [-0.05, 0) is 49.9 Å². The molecule has 1 fully saturated rings. The van der Waals surface area contributed by atoms with Gasteiger partial charge in [0.1, 0.15) is 5.69 Å². The zero-order valence-electron chi connectivity index (χ0n) is 12.8. The fraction of sp³-hybridized carbons (Fsp3) is 0.438. The number of sulfone groups is 1. The number of carbonyl (C=O) groups excluding carboxylic acids is 1. The molecule has 118 valence electrons. The van der Waals surface area contributed by atoms with Crippen molar-refractivity contribution in [2.75, 3.05) is 11.5 Å². The average molecular weight is 320 g/mol. The number of nitrogens with one attached hydrogen (secondary N) is 2. The van der Waals surface area contributed by atoms with Crippen LogP contribution in [0.15, 0.2) is 18.2 Å². The maximum Gasteiger partial charge on any atom is 0.267 e. The minimum atomic E-state index is -3.02. The van der Waals surface area contributed by atoms with Gasteiger partial charge in [0, 0.05) is 16.9 Å². The first-order chi connectivity index (χ1) is 10.4. The number of aromatic amines is 1. The molecule has 1 aliphatic rings. The number of hydrogen-bond acceptors (Lipinski definition) is 3. The van der Waals surface area contributed by atoms with Crippen LogP contribution in [-0.2, 0) is 9.84 Å². The van der Waals surface area contributed by atoms with E-state index in [1.807, 2.05) is 32.0 Å². The lowest BCUT2D eigenvalue weighted by Gasteiger charge is -2.22. The fourth-order valence-corrected chi connectivity index (χ4v) is 4.62. The third-order valence-corrected chi connectivity index (χ3v) is 6.21. The lowest BCUT2D eigenvalue weighted by Crippen LogP contribution is -2.43. The normalized spacial score (nSPS) is 20.9. The summed E-state index contributed by atoms with van der Waals surface area (Å²) in [6, 6.07) is 5.52. The van der Waals surface area contributed by atoms with Gasteiger partial charge in [0.15, 0.2) is 9.84 Å². The Morgan fingerprint density at radius 1 is 1.32 bits per heavy atom. The van der Waals surface area contributed by atoms with E-state index in [2.05, 4.69) is 10.3 Å². The predicted molar refractivity (Wildman–Crippen MR) is 86.9 cm³/mol. The highest BCUT2D eigenvalue weighted by molar-refractivity contribution is 7.91. The second-order valence-electron chi connectivity index (χ2n) is 6.08. The zero-order chi connectivity index (χ0) is 15.9. The standard InChI is InChI=1S/C16H20N2O3S/c1-10-5-6-14-13(11(10)2)8-15(18-14)16(19)17-12-4-3-7-22(20,21)9-12/h5-6,8,12,18H,3-4,7,9H2,1-2H3,(H,17,19). The minimum absolute atomic E-state index is 0.0388. The van der Waals surface area contributed by atoms with Gasteiger partial charge in [-0.15, -0.1) is 0 Å². The molecule has 2 aromatic rings. The molecule has 2 heterocycles. The summed E-state index contributed by atoms with van der Waals surface area (Å²) in [5, 5.41) is 3.87. The molecule has 5 nitrogen and oxygen atoms in total. The van der Waals surface area contributed by atoms with E-state index in [1.54, 1.807) is 0 Å². The quantitative estimate of drug-likeness (QED) is 0.889. The van der Waals surface area contributed by atoms with E-state index < -0.39 is 9.84 Å². The Hall–Kier alpha value is -1.82. The van der Waals surface area contributed by atoms with Crippen molar-refractivity contribution in [3.8, 4) is 0 Å². The summed E-state index contributed by atoms with van der Waals surface area (Å²) in [5.41, 5.74) is 3.72. The summed E-state index contributed by atoms with van der Waals surface area (Å²) in [6.45, 7) is 4.06. The van der Waals surface area contributed by atoms with E-state index in [9.17, 15) is 13.2 Å². The highest BCUT2D eigenvalue weighted by Gasteiger charge is 2.26. The van der Waals surface area contributed by atoms with Gasteiger partial charge >= 0.3 is 0 Å². The highest BCUT2D eigenvalue weighted by atomic mass is 32.2. The van der Waals surface area contributed by atoms with Crippen molar-refractivity contribution in [2.45, 2.75) is 32.7 Å². The molecule has 0 spiro atoms. The minimum Gasteiger partial charge on any atom is -0.351 e. The topological polar surface area (TPSA) is 79.0 Å². The highest BCUT2D eigenvalue weighted by Crippen LogP contribution is 2.22. The molecule has 0 saturated carbocycles. The molecule has 1 aromatic heterocycles. The number of rotatable bonds is 2. The fourth-order valence-electron chi connectivity index (χ4n) is 2.98. The van der Waals surface area contributed by atoms with Crippen LogP contribution < -0.4 is 5.32 Å². The van der Waals surface area contributed by atoms with E-state index in [-0.39, 0.29) is 23.5 Å². The van der Waals surface area contributed by atoms with Crippen LogP contribution in [0.4, 0.5) is 0 Å². The SMILES string of the molecule is Cc1ccc2[nH]c(C(=O)NC3CCCS(=O)(=O)C3)cc2c1C. The van der Waals surface area contributed by atoms with Crippen LogP contribution in [0.2, 0.25) is 0 Å². The van der Waals surface area contributed by atoms with Crippen molar-refractivity contribution in [3.05, 3.63) is 35.0 Å². The van der Waals surface area contributed by atoms with Gasteiger partial charge in [0.2, 0.25) is 0 Å². The van der Waals surface area contributed by atoms with E-state index in [4.69, 9.17) is 0 Å². The molecule has 1 saturated heterocycles. The van der Waals surface area contributed by atoms with Gasteiger partial charge in [-0.1, -0.05) is 6.07 Å². The summed E-state index contributed by atoms with van der Waals surface area (Å²) < 4.78 is 23.3. The molecule has 1 aromatic carbocycles. The van der Waals surface area contributed by atoms with Gasteiger partial charge in [-0.3, -0.25) is 4.79 Å². The van der Waals surface area contributed by atoms with Crippen molar-refractivity contribution < 1.29 is 13.2 Å². The van der Waals surface area contributed by atoms with Crippen LogP contribution in [0.1, 0.15) is 34.5 Å². The van der Waals surface area contributed by atoms with Crippen LogP contribution in [0.3, 0.4) is 0 Å². The zero-order valence-corrected chi connectivity index (χ0v) is 13.6. The maximum atomic E-state index is 12.4. The van der Waals surface area contributed by atoms with Crippen molar-refractivity contribution in [1.29, 1.82) is 0 Å². The number of benzene rings is 1. The van der Waals surface area contributed by atoms with Crippen molar-refractivity contribution in [2.24, 2.45) is 0 Å². The molecular formula is C16H20N2O3S. The molecule has 22 heavy (non-hydrogen) atoms. The van der Waals surface area contributed by atoms with Gasteiger partial charge < -0.3 is 10.3 Å². The second-order valence-corrected chi connectivity index (χ2v) is 8.31. The monoisotopic (exact) mass is 320 g/mol. The molecular weight excluding hydrogens is 300 g/mol. The Kier molecular flexibility index (Phi) is 3.72. The number of aryl methyl sites for hydroxylation is 2. The largest absolute Gasteiger partial charge is 0.351 e. The first kappa shape index (κ1) is 15.1. The molecule has 0 radical (unpaired) electrons. The van der Waals surface area contributed by atoms with Gasteiger partial charge in [0.25, 0.3) is 5.91 Å². The molecule has 6 heteroatoms. The third-order valence-electron chi connectivity index (χ3n) is 4.39. The maximum absolute atomic E-state index is 12.4. The Morgan fingerprint density at radius 3 is 2.82 bits per heavy atom. The van der Waals surface area contributed by atoms with Crippen molar-refractivity contribution in [3.63, 3.8) is 0 Å². The summed E-state index contributed by atoms with van der Waals surface area (Å²) in [6.07, 6.45) is 1.32. The number of carbonyl (C=O) groups is 1. The van der Waals surface area contributed by atoms with Crippen LogP contribution in [0.25, 0.3) is 10.9 Å². The molecule has 0 aliphatic carbocycles. The van der Waals surface area contributed by atoms with Gasteiger partial charge in [0.05, 0.1) is 11.5 Å². The number of hydrogen-bond donors (Lipinski definition) is 2. The first-order valence-electron chi connectivity index (χ1n) is 7.46. The predicted octanol–water partition coefficient (Wildman–Crippen LogP) is 2.09. The van der Waals surface area contributed by atoms with Gasteiger partial charge in [-0.25, -0.2) is 8.42 Å². The number of aromatic nitrogens is 1. The first-order valence-corrected chi connectivity index (χ1v) is 9.28. The molecule has 2 N–H and O–H groups in total. The van der Waals surface area contributed by atoms with Crippen LogP contribution in [-0.4, -0.2) is 36.9 Å². The summed E-state index contributed by atoms with van der Waals surface area (Å²) in [7, 11) is -3.02. The Labute approximate surface area is 130 Å². The lowest BCUT2D eigenvalue weighted by atomic mass is 10.1. The summed E-state index contributed by atoms with van der Waals surface area (Å²) in [5.74, 6) is 0.0248. The summed E-state index contributed by atoms with van der Waals surface area (Å²) >= 11 is 0. The Balaban J connectivity index is 1.82. The molecule has 0 bridgehead atoms. The number of amides is 1. The van der Waals surface area contributed by atoms with Crippen LogP contribution >= 0.6 is 0 Å². The van der Waals surface area contributed by atoms with Crippen molar-refractivity contribution in [1.82, 2.24) is 10.3 Å². The van der Waals surface area contributed by atoms with Crippen LogP contribution in [0, 0.1) is 13.8 Å². The number of H-pyrrole nitrogens is 1. The second kappa shape index (κ2) is 5.43. The smallest absolute Gasteiger partial charge is 0.267 e. The molecule has 1 amide bonds. The Bertz CT molecular complexity index is 836.